The molecule has 1 heterocycles. The summed E-state index contributed by atoms with van der Waals surface area (Å²) in [6.45, 7) is 0. The van der Waals surface area contributed by atoms with E-state index in [1.165, 1.54) is 0 Å². The lowest BCUT2D eigenvalue weighted by atomic mass is 10.1. The number of nitro groups is 2. The maximum absolute atomic E-state index is 10.8. The van der Waals surface area contributed by atoms with Crippen LogP contribution in [0.3, 0.4) is 0 Å². The van der Waals surface area contributed by atoms with Gasteiger partial charge in [-0.25, -0.2) is 0 Å². The van der Waals surface area contributed by atoms with Crippen LogP contribution >= 0.6 is 11.7 Å². The number of nitrogen functional groups attached to an aromatic ring is 2. The quantitative estimate of drug-likeness (QED) is 0.449. The Labute approximate surface area is 96.5 Å². The van der Waals surface area contributed by atoms with E-state index < -0.39 is 26.9 Å². The van der Waals surface area contributed by atoms with Crippen molar-refractivity contribution in [1.29, 1.82) is 0 Å². The van der Waals surface area contributed by atoms with Crippen LogP contribution in [0.5, 0.6) is 0 Å². The molecule has 4 N–H and O–H groups in total. The molecule has 2 rings (SSSR count). The first-order valence-electron chi connectivity index (χ1n) is 4.07. The molecule has 0 atom stereocenters. The Balaban J connectivity index is 3.02. The van der Waals surface area contributed by atoms with E-state index in [2.05, 4.69) is 8.75 Å². The van der Waals surface area contributed by atoms with Crippen molar-refractivity contribution in [2.24, 2.45) is 0 Å². The van der Waals surface area contributed by atoms with Gasteiger partial charge in [-0.2, -0.15) is 8.75 Å². The number of aromatic nitrogens is 2. The molecule has 17 heavy (non-hydrogen) atoms. The number of anilines is 2. The van der Waals surface area contributed by atoms with E-state index in [-0.39, 0.29) is 16.7 Å². The SMILES string of the molecule is Nc1c([N+](=O)[O-])c(N)c2nsnc2c1[N+](=O)[O-]. The van der Waals surface area contributed by atoms with Crippen molar-refractivity contribution >= 4 is 45.5 Å². The smallest absolute Gasteiger partial charge is 0.328 e. The van der Waals surface area contributed by atoms with E-state index >= 15 is 0 Å². The normalized spacial score (nSPS) is 10.6. The van der Waals surface area contributed by atoms with Gasteiger partial charge < -0.3 is 11.5 Å². The van der Waals surface area contributed by atoms with E-state index in [9.17, 15) is 20.2 Å². The fraction of sp³-hybridized carbons (Fsp3) is 0. The lowest BCUT2D eigenvalue weighted by Gasteiger charge is -2.02. The highest BCUT2D eigenvalue weighted by atomic mass is 32.1. The molecule has 1 aromatic carbocycles. The number of nitrogens with two attached hydrogens (primary N) is 2. The molecular formula is C6H4N6O4S. The van der Waals surface area contributed by atoms with Crippen LogP contribution in [0.1, 0.15) is 0 Å². The molecule has 0 saturated heterocycles. The first-order chi connectivity index (χ1) is 7.95. The molecule has 2 aromatic rings. The van der Waals surface area contributed by atoms with Gasteiger partial charge >= 0.3 is 11.4 Å². The van der Waals surface area contributed by atoms with Crippen LogP contribution in [-0.4, -0.2) is 18.6 Å². The number of nitro benzene ring substituents is 2. The van der Waals surface area contributed by atoms with Crippen LogP contribution < -0.4 is 11.5 Å². The predicted octanol–water partition coefficient (Wildman–Crippen LogP) is 0.672. The third kappa shape index (κ3) is 1.40. The molecule has 88 valence electrons. The van der Waals surface area contributed by atoms with Gasteiger partial charge in [-0.05, 0) is 0 Å². The summed E-state index contributed by atoms with van der Waals surface area (Å²) in [5.41, 5.74) is 8.37. The van der Waals surface area contributed by atoms with Crippen molar-refractivity contribution in [1.82, 2.24) is 8.75 Å². The lowest BCUT2D eigenvalue weighted by Crippen LogP contribution is -2.05. The van der Waals surface area contributed by atoms with Gasteiger partial charge in [-0.3, -0.25) is 20.2 Å². The lowest BCUT2D eigenvalue weighted by molar-refractivity contribution is -0.390. The van der Waals surface area contributed by atoms with E-state index in [4.69, 9.17) is 11.5 Å². The molecule has 10 nitrogen and oxygen atoms in total. The molecule has 0 aliphatic rings. The largest absolute Gasteiger partial charge is 0.391 e. The Morgan fingerprint density at radius 2 is 1.47 bits per heavy atom. The summed E-state index contributed by atoms with van der Waals surface area (Å²) in [4.78, 5) is 19.9. The maximum Gasteiger partial charge on any atom is 0.328 e. The van der Waals surface area contributed by atoms with E-state index in [1.807, 2.05) is 0 Å². The zero-order valence-electron chi connectivity index (χ0n) is 7.98. The van der Waals surface area contributed by atoms with Gasteiger partial charge in [0.05, 0.1) is 21.6 Å². The van der Waals surface area contributed by atoms with Crippen molar-refractivity contribution in [3.8, 4) is 0 Å². The molecule has 0 fully saturated rings. The highest BCUT2D eigenvalue weighted by Gasteiger charge is 2.33. The Hall–Kier alpha value is -2.56. The van der Waals surface area contributed by atoms with Gasteiger partial charge in [0.15, 0.2) is 11.2 Å². The number of hydrogen-bond donors (Lipinski definition) is 2. The highest BCUT2D eigenvalue weighted by molar-refractivity contribution is 7.00. The summed E-state index contributed by atoms with van der Waals surface area (Å²) in [5.74, 6) is 0. The van der Waals surface area contributed by atoms with Gasteiger partial charge in [0.2, 0.25) is 0 Å². The monoisotopic (exact) mass is 256 g/mol. The molecule has 0 radical (unpaired) electrons. The molecule has 0 bridgehead atoms. The zero-order valence-corrected chi connectivity index (χ0v) is 8.80. The second kappa shape index (κ2) is 3.48. The standard InChI is InChI=1S/C6H4N6O4S/c7-1-3-4(10-17-9-3)6(12(15)16)2(8)5(1)11(13)14/h7-8H2. The van der Waals surface area contributed by atoms with Gasteiger partial charge in [0.1, 0.15) is 11.2 Å². The van der Waals surface area contributed by atoms with Crippen LogP contribution in [-0.2, 0) is 0 Å². The van der Waals surface area contributed by atoms with Crippen LogP contribution in [0, 0.1) is 20.2 Å². The van der Waals surface area contributed by atoms with Gasteiger partial charge in [0.25, 0.3) is 0 Å². The summed E-state index contributed by atoms with van der Waals surface area (Å²) in [6, 6.07) is 0. The van der Waals surface area contributed by atoms with Crippen LogP contribution in [0.2, 0.25) is 0 Å². The number of nitrogens with zero attached hydrogens (tertiary/aromatic N) is 4. The number of benzene rings is 1. The first-order valence-corrected chi connectivity index (χ1v) is 4.80. The minimum absolute atomic E-state index is 0.0809. The van der Waals surface area contributed by atoms with Crippen molar-refractivity contribution in [2.75, 3.05) is 11.5 Å². The van der Waals surface area contributed by atoms with Crippen molar-refractivity contribution in [3.63, 3.8) is 0 Å². The summed E-state index contributed by atoms with van der Waals surface area (Å²) in [7, 11) is 0. The molecule has 0 spiro atoms. The number of fused-ring (bicyclic) bond motifs is 1. The molecule has 0 aliphatic carbocycles. The number of hydrogen-bond acceptors (Lipinski definition) is 9. The van der Waals surface area contributed by atoms with Crippen molar-refractivity contribution in [3.05, 3.63) is 20.2 Å². The molecule has 0 saturated carbocycles. The van der Waals surface area contributed by atoms with Crippen molar-refractivity contribution < 1.29 is 9.85 Å². The fourth-order valence-corrected chi connectivity index (χ4v) is 1.96. The average molecular weight is 256 g/mol. The van der Waals surface area contributed by atoms with Crippen molar-refractivity contribution in [2.45, 2.75) is 0 Å². The third-order valence-corrected chi connectivity index (χ3v) is 2.63. The Kier molecular flexibility index (Phi) is 2.24. The predicted molar refractivity (Wildman–Crippen MR) is 59.5 cm³/mol. The highest BCUT2D eigenvalue weighted by Crippen LogP contribution is 2.43. The summed E-state index contributed by atoms with van der Waals surface area (Å²) in [6.07, 6.45) is 0. The van der Waals surface area contributed by atoms with E-state index in [0.717, 1.165) is 0 Å². The Morgan fingerprint density at radius 1 is 0.941 bits per heavy atom. The molecule has 0 aliphatic heterocycles. The first kappa shape index (κ1) is 10.9. The molecular weight excluding hydrogens is 252 g/mol. The van der Waals surface area contributed by atoms with Gasteiger partial charge in [-0.1, -0.05) is 0 Å². The minimum Gasteiger partial charge on any atom is -0.391 e. The molecule has 0 amide bonds. The fourth-order valence-electron chi connectivity index (χ4n) is 1.40. The van der Waals surface area contributed by atoms with Crippen LogP contribution in [0.4, 0.5) is 22.7 Å². The second-order valence-corrected chi connectivity index (χ2v) is 3.53. The average Bonchev–Trinajstić information content (AvgIpc) is 2.65. The third-order valence-electron chi connectivity index (χ3n) is 2.10. The topological polar surface area (TPSA) is 164 Å². The molecule has 11 heteroatoms. The Morgan fingerprint density at radius 3 is 2.00 bits per heavy atom. The minimum atomic E-state index is -0.879. The second-order valence-electron chi connectivity index (χ2n) is 3.00. The van der Waals surface area contributed by atoms with E-state index in [0.29, 0.717) is 11.7 Å². The zero-order chi connectivity index (χ0) is 12.7. The summed E-state index contributed by atoms with van der Waals surface area (Å²) in [5, 5.41) is 21.6. The summed E-state index contributed by atoms with van der Waals surface area (Å²) >= 11 is 0.665. The Bertz CT molecular complexity index is 651. The molecule has 0 unspecified atom stereocenters. The van der Waals surface area contributed by atoms with Gasteiger partial charge in [0, 0.05) is 0 Å². The van der Waals surface area contributed by atoms with Crippen LogP contribution in [0.15, 0.2) is 0 Å². The number of rotatable bonds is 2. The summed E-state index contributed by atoms with van der Waals surface area (Å²) < 4.78 is 7.35. The maximum atomic E-state index is 10.8. The van der Waals surface area contributed by atoms with Crippen LogP contribution in [0.25, 0.3) is 11.0 Å². The molecule has 1 aromatic heterocycles. The van der Waals surface area contributed by atoms with E-state index in [1.54, 1.807) is 0 Å². The van der Waals surface area contributed by atoms with Gasteiger partial charge in [-0.15, -0.1) is 0 Å².